The molecule has 0 aliphatic carbocycles. The summed E-state index contributed by atoms with van der Waals surface area (Å²) in [6.07, 6.45) is 0. The van der Waals surface area contributed by atoms with Gasteiger partial charge in [0.05, 0.1) is 27.4 Å². The third-order valence-electron chi connectivity index (χ3n) is 1.98. The Kier molecular flexibility index (Phi) is 5.70. The normalized spacial score (nSPS) is 12.6. The zero-order valence-electron chi connectivity index (χ0n) is 9.19. The summed E-state index contributed by atoms with van der Waals surface area (Å²) in [4.78, 5) is 0. The first-order chi connectivity index (χ1) is 7.54. The maximum Gasteiger partial charge on any atom is 0.0664 e. The van der Waals surface area contributed by atoms with Crippen molar-refractivity contribution in [2.75, 3.05) is 18.5 Å². The maximum absolute atomic E-state index is 6.03. The second-order valence-corrected chi connectivity index (χ2v) is 4.67. The van der Waals surface area contributed by atoms with Crippen LogP contribution in [0.2, 0.25) is 15.1 Å². The van der Waals surface area contributed by atoms with E-state index in [9.17, 15) is 0 Å². The lowest BCUT2D eigenvalue weighted by Gasteiger charge is -2.16. The van der Waals surface area contributed by atoms with Gasteiger partial charge in [-0.3, -0.25) is 0 Å². The third-order valence-corrected chi connectivity index (χ3v) is 3.02. The molecule has 2 nitrogen and oxygen atoms in total. The number of ether oxygens (including phenoxy) is 1. The predicted molar refractivity (Wildman–Crippen MR) is 71.0 cm³/mol. The fourth-order valence-electron chi connectivity index (χ4n) is 1.23. The van der Waals surface area contributed by atoms with Crippen LogP contribution in [-0.2, 0) is 4.74 Å². The smallest absolute Gasteiger partial charge is 0.0664 e. The summed E-state index contributed by atoms with van der Waals surface area (Å²) < 4.78 is 5.30. The highest BCUT2D eigenvalue weighted by atomic mass is 35.5. The standard InChI is InChI=1S/C11H14Cl3NO/c1-3-16-6-7(2)15-11-5-9(13)8(12)4-10(11)14/h4-5,7,15H,3,6H2,1-2H3. The molecule has 0 saturated heterocycles. The molecule has 0 heterocycles. The van der Waals surface area contributed by atoms with Crippen LogP contribution < -0.4 is 5.32 Å². The fourth-order valence-corrected chi connectivity index (χ4v) is 1.84. The summed E-state index contributed by atoms with van der Waals surface area (Å²) >= 11 is 17.8. The molecular weight excluding hydrogens is 268 g/mol. The topological polar surface area (TPSA) is 21.3 Å². The molecule has 0 aromatic heterocycles. The van der Waals surface area contributed by atoms with Gasteiger partial charge >= 0.3 is 0 Å². The fraction of sp³-hybridized carbons (Fsp3) is 0.455. The van der Waals surface area contributed by atoms with Crippen LogP contribution in [0.15, 0.2) is 12.1 Å². The van der Waals surface area contributed by atoms with Crippen LogP contribution in [0.1, 0.15) is 13.8 Å². The Hall–Kier alpha value is -0.150. The highest BCUT2D eigenvalue weighted by molar-refractivity contribution is 6.44. The molecular formula is C11H14Cl3NO. The van der Waals surface area contributed by atoms with E-state index in [1.807, 2.05) is 13.8 Å². The van der Waals surface area contributed by atoms with Crippen LogP contribution in [0.25, 0.3) is 0 Å². The van der Waals surface area contributed by atoms with Crippen LogP contribution >= 0.6 is 34.8 Å². The van der Waals surface area contributed by atoms with E-state index >= 15 is 0 Å². The SMILES string of the molecule is CCOCC(C)Nc1cc(Cl)c(Cl)cc1Cl. The van der Waals surface area contributed by atoms with Crippen molar-refractivity contribution in [3.8, 4) is 0 Å². The number of rotatable bonds is 5. The molecule has 0 fully saturated rings. The van der Waals surface area contributed by atoms with Gasteiger partial charge in [0.1, 0.15) is 0 Å². The molecule has 1 N–H and O–H groups in total. The summed E-state index contributed by atoms with van der Waals surface area (Å²) in [6.45, 7) is 5.28. The van der Waals surface area contributed by atoms with Crippen molar-refractivity contribution in [1.29, 1.82) is 0 Å². The molecule has 1 aromatic rings. The molecule has 0 amide bonds. The van der Waals surface area contributed by atoms with Crippen molar-refractivity contribution >= 4 is 40.5 Å². The molecule has 90 valence electrons. The van der Waals surface area contributed by atoms with Crippen molar-refractivity contribution in [2.45, 2.75) is 19.9 Å². The Bertz CT molecular complexity index is 357. The van der Waals surface area contributed by atoms with Crippen LogP contribution in [-0.4, -0.2) is 19.3 Å². The third kappa shape index (κ3) is 4.02. The zero-order chi connectivity index (χ0) is 12.1. The Morgan fingerprint density at radius 2 is 1.81 bits per heavy atom. The minimum absolute atomic E-state index is 0.162. The van der Waals surface area contributed by atoms with E-state index in [-0.39, 0.29) is 6.04 Å². The zero-order valence-corrected chi connectivity index (χ0v) is 11.5. The van der Waals surface area contributed by atoms with Gasteiger partial charge in [-0.25, -0.2) is 0 Å². The van der Waals surface area contributed by atoms with Gasteiger partial charge in [-0.15, -0.1) is 0 Å². The summed E-state index contributed by atoms with van der Waals surface area (Å²) in [5.41, 5.74) is 0.767. The molecule has 0 bridgehead atoms. The van der Waals surface area contributed by atoms with E-state index in [1.165, 1.54) is 0 Å². The molecule has 1 aromatic carbocycles. The van der Waals surface area contributed by atoms with Gasteiger partial charge in [0.15, 0.2) is 0 Å². The van der Waals surface area contributed by atoms with Gasteiger partial charge in [-0.05, 0) is 26.0 Å². The lowest BCUT2D eigenvalue weighted by Crippen LogP contribution is -2.21. The first kappa shape index (κ1) is 13.9. The molecule has 0 aliphatic rings. The van der Waals surface area contributed by atoms with Crippen LogP contribution in [0.5, 0.6) is 0 Å². The molecule has 1 atom stereocenters. The van der Waals surface area contributed by atoms with Crippen molar-refractivity contribution in [1.82, 2.24) is 0 Å². The summed E-state index contributed by atoms with van der Waals surface area (Å²) in [5, 5.41) is 4.70. The van der Waals surface area contributed by atoms with Crippen molar-refractivity contribution in [2.24, 2.45) is 0 Å². The van der Waals surface area contributed by atoms with Crippen molar-refractivity contribution in [3.05, 3.63) is 27.2 Å². The van der Waals surface area contributed by atoms with Gasteiger partial charge in [0.2, 0.25) is 0 Å². The summed E-state index contributed by atoms with van der Waals surface area (Å²) in [5.74, 6) is 0. The first-order valence-corrected chi connectivity index (χ1v) is 6.16. The highest BCUT2D eigenvalue weighted by Crippen LogP contribution is 2.32. The summed E-state index contributed by atoms with van der Waals surface area (Å²) in [6, 6.07) is 3.50. The molecule has 0 spiro atoms. The number of hydrogen-bond acceptors (Lipinski definition) is 2. The maximum atomic E-state index is 6.03. The largest absolute Gasteiger partial charge is 0.380 e. The van der Waals surface area contributed by atoms with Gasteiger partial charge in [0.25, 0.3) is 0 Å². The van der Waals surface area contributed by atoms with E-state index in [0.29, 0.717) is 28.3 Å². The van der Waals surface area contributed by atoms with E-state index < -0.39 is 0 Å². The van der Waals surface area contributed by atoms with Crippen molar-refractivity contribution in [3.63, 3.8) is 0 Å². The van der Waals surface area contributed by atoms with Gasteiger partial charge in [-0.1, -0.05) is 34.8 Å². The lowest BCUT2D eigenvalue weighted by molar-refractivity contribution is 0.141. The van der Waals surface area contributed by atoms with Crippen molar-refractivity contribution < 1.29 is 4.74 Å². The van der Waals surface area contributed by atoms with Gasteiger partial charge in [-0.2, -0.15) is 0 Å². The Morgan fingerprint density at radius 1 is 1.19 bits per heavy atom. The Morgan fingerprint density at radius 3 is 2.44 bits per heavy atom. The Balaban J connectivity index is 2.69. The van der Waals surface area contributed by atoms with E-state index in [1.54, 1.807) is 12.1 Å². The van der Waals surface area contributed by atoms with Gasteiger partial charge in [0, 0.05) is 12.6 Å². The van der Waals surface area contributed by atoms with Crippen LogP contribution in [0.4, 0.5) is 5.69 Å². The summed E-state index contributed by atoms with van der Waals surface area (Å²) in [7, 11) is 0. The first-order valence-electron chi connectivity index (χ1n) is 5.03. The molecule has 0 aliphatic heterocycles. The quantitative estimate of drug-likeness (QED) is 0.804. The second kappa shape index (κ2) is 6.55. The minimum Gasteiger partial charge on any atom is -0.380 e. The monoisotopic (exact) mass is 281 g/mol. The molecule has 0 radical (unpaired) electrons. The highest BCUT2D eigenvalue weighted by Gasteiger charge is 2.08. The molecule has 16 heavy (non-hydrogen) atoms. The number of anilines is 1. The second-order valence-electron chi connectivity index (χ2n) is 3.45. The van der Waals surface area contributed by atoms with Crippen LogP contribution in [0.3, 0.4) is 0 Å². The average Bonchev–Trinajstić information content (AvgIpc) is 2.23. The van der Waals surface area contributed by atoms with E-state index in [2.05, 4.69) is 5.32 Å². The van der Waals surface area contributed by atoms with E-state index in [0.717, 1.165) is 5.69 Å². The predicted octanol–water partition coefficient (Wildman–Crippen LogP) is 4.48. The Labute approximate surface area is 111 Å². The van der Waals surface area contributed by atoms with Gasteiger partial charge < -0.3 is 10.1 Å². The number of nitrogens with one attached hydrogen (secondary N) is 1. The molecule has 5 heteroatoms. The van der Waals surface area contributed by atoms with E-state index in [4.69, 9.17) is 39.5 Å². The number of halogens is 3. The lowest BCUT2D eigenvalue weighted by atomic mass is 10.2. The number of benzene rings is 1. The average molecular weight is 283 g/mol. The molecule has 0 saturated carbocycles. The molecule has 1 rings (SSSR count). The molecule has 1 unspecified atom stereocenters. The minimum atomic E-state index is 0.162. The number of hydrogen-bond donors (Lipinski definition) is 1. The van der Waals surface area contributed by atoms with Crippen LogP contribution in [0, 0.1) is 0 Å².